The van der Waals surface area contributed by atoms with Crippen LogP contribution in [0.15, 0.2) is 0 Å². The topological polar surface area (TPSA) is 18.5 Å². The van der Waals surface area contributed by atoms with Gasteiger partial charge in [0, 0.05) is 5.82 Å². The predicted molar refractivity (Wildman–Crippen MR) is 65.3 cm³/mol. The summed E-state index contributed by atoms with van der Waals surface area (Å²) in [7, 11) is 0.0677. The first-order valence-electron chi connectivity index (χ1n) is 6.78. The zero-order valence-corrected chi connectivity index (χ0v) is 11.0. The largest absolute Gasteiger partial charge is 0.461 e. The van der Waals surface area contributed by atoms with E-state index in [9.17, 15) is 0 Å². The first kappa shape index (κ1) is 11.1. The summed E-state index contributed by atoms with van der Waals surface area (Å²) in [5, 5.41) is 0. The smallest absolute Gasteiger partial charge is 0.403 e. The van der Waals surface area contributed by atoms with Gasteiger partial charge in [0.15, 0.2) is 0 Å². The molecule has 0 amide bonds. The standard InChI is InChI=1S/C13H23BO2/c1-12(2)13(3,4)16-14(15-12)11-9-7-5-6-8-10(9)11/h9-11H,5-8H2,1-4H3. The van der Waals surface area contributed by atoms with Crippen LogP contribution in [-0.2, 0) is 9.31 Å². The average Bonchev–Trinajstić information content (AvgIpc) is 2.84. The Morgan fingerprint density at radius 1 is 0.875 bits per heavy atom. The van der Waals surface area contributed by atoms with Crippen molar-refractivity contribution in [1.29, 1.82) is 0 Å². The lowest BCUT2D eigenvalue weighted by Crippen LogP contribution is -2.41. The summed E-state index contributed by atoms with van der Waals surface area (Å²) in [6, 6.07) is 0. The van der Waals surface area contributed by atoms with Crippen molar-refractivity contribution >= 4 is 7.12 Å². The average molecular weight is 222 g/mol. The van der Waals surface area contributed by atoms with Crippen LogP contribution < -0.4 is 0 Å². The Balaban J connectivity index is 1.71. The molecule has 0 aromatic rings. The summed E-state index contributed by atoms with van der Waals surface area (Å²) in [5.41, 5.74) is -0.299. The number of fused-ring (bicyclic) bond motifs is 1. The maximum Gasteiger partial charge on any atom is 0.461 e. The normalized spacial score (nSPS) is 44.2. The van der Waals surface area contributed by atoms with E-state index in [-0.39, 0.29) is 18.3 Å². The lowest BCUT2D eigenvalue weighted by Gasteiger charge is -2.32. The molecule has 3 rings (SSSR count). The van der Waals surface area contributed by atoms with E-state index in [1.807, 2.05) is 0 Å². The highest BCUT2D eigenvalue weighted by atomic mass is 16.7. The van der Waals surface area contributed by atoms with E-state index < -0.39 is 0 Å². The minimum absolute atomic E-state index is 0.0677. The van der Waals surface area contributed by atoms with Crippen LogP contribution in [0.2, 0.25) is 5.82 Å². The van der Waals surface area contributed by atoms with Gasteiger partial charge in [0.05, 0.1) is 11.2 Å². The highest BCUT2D eigenvalue weighted by Gasteiger charge is 2.64. The molecule has 2 atom stereocenters. The lowest BCUT2D eigenvalue weighted by atomic mass is 9.79. The minimum Gasteiger partial charge on any atom is -0.403 e. The Morgan fingerprint density at radius 3 is 1.75 bits per heavy atom. The summed E-state index contributed by atoms with van der Waals surface area (Å²) in [4.78, 5) is 0. The van der Waals surface area contributed by atoms with E-state index in [1.54, 1.807) is 0 Å². The van der Waals surface area contributed by atoms with Crippen LogP contribution in [0.4, 0.5) is 0 Å². The summed E-state index contributed by atoms with van der Waals surface area (Å²) >= 11 is 0. The fraction of sp³-hybridized carbons (Fsp3) is 1.00. The molecule has 0 spiro atoms. The van der Waals surface area contributed by atoms with Crippen molar-refractivity contribution in [3.63, 3.8) is 0 Å². The molecule has 0 bridgehead atoms. The third-order valence-electron chi connectivity index (χ3n) is 5.31. The second kappa shape index (κ2) is 3.26. The maximum absolute atomic E-state index is 6.16. The van der Waals surface area contributed by atoms with Crippen molar-refractivity contribution in [3.8, 4) is 0 Å². The van der Waals surface area contributed by atoms with Crippen molar-refractivity contribution in [2.24, 2.45) is 11.8 Å². The predicted octanol–water partition coefficient (Wildman–Crippen LogP) is 3.27. The fourth-order valence-corrected chi connectivity index (χ4v) is 3.50. The third kappa shape index (κ3) is 1.47. The van der Waals surface area contributed by atoms with Crippen LogP contribution in [-0.4, -0.2) is 18.3 Å². The van der Waals surface area contributed by atoms with Gasteiger partial charge in [-0.3, -0.25) is 0 Å². The summed E-state index contributed by atoms with van der Waals surface area (Å²) in [5.74, 6) is 2.51. The molecule has 1 heterocycles. The SMILES string of the molecule is CC1(C)OB(C2C3CCCCC32)OC1(C)C. The van der Waals surface area contributed by atoms with Crippen LogP contribution >= 0.6 is 0 Å². The Bertz CT molecular complexity index is 272. The van der Waals surface area contributed by atoms with Crippen molar-refractivity contribution in [2.75, 3.05) is 0 Å². The Hall–Kier alpha value is -0.0151. The van der Waals surface area contributed by atoms with Gasteiger partial charge in [0.1, 0.15) is 0 Å². The van der Waals surface area contributed by atoms with Crippen molar-refractivity contribution in [2.45, 2.75) is 70.4 Å². The molecule has 0 N–H and O–H groups in total. The molecule has 0 aromatic carbocycles. The molecule has 3 aliphatic rings. The third-order valence-corrected chi connectivity index (χ3v) is 5.31. The van der Waals surface area contributed by atoms with Gasteiger partial charge in [-0.1, -0.05) is 25.7 Å². The molecule has 3 fully saturated rings. The van der Waals surface area contributed by atoms with Crippen LogP contribution in [0.1, 0.15) is 53.4 Å². The van der Waals surface area contributed by atoms with Crippen LogP contribution in [0.25, 0.3) is 0 Å². The van der Waals surface area contributed by atoms with Gasteiger partial charge in [-0.25, -0.2) is 0 Å². The summed E-state index contributed by atoms with van der Waals surface area (Å²) < 4.78 is 12.3. The first-order valence-corrected chi connectivity index (χ1v) is 6.78. The molecule has 90 valence electrons. The van der Waals surface area contributed by atoms with Gasteiger partial charge in [0.2, 0.25) is 0 Å². The molecular formula is C13H23BO2. The van der Waals surface area contributed by atoms with Gasteiger partial charge in [-0.2, -0.15) is 0 Å². The number of hydrogen-bond acceptors (Lipinski definition) is 2. The van der Waals surface area contributed by atoms with Gasteiger partial charge in [-0.05, 0) is 39.5 Å². The zero-order valence-electron chi connectivity index (χ0n) is 11.0. The Labute approximate surface area is 99.2 Å². The first-order chi connectivity index (χ1) is 7.42. The highest BCUT2D eigenvalue weighted by molar-refractivity contribution is 6.49. The van der Waals surface area contributed by atoms with Crippen LogP contribution in [0, 0.1) is 11.8 Å². The molecule has 2 unspecified atom stereocenters. The van der Waals surface area contributed by atoms with Crippen molar-refractivity contribution < 1.29 is 9.31 Å². The van der Waals surface area contributed by atoms with Gasteiger partial charge >= 0.3 is 7.12 Å². The van der Waals surface area contributed by atoms with E-state index >= 15 is 0 Å². The second-order valence-electron chi connectivity index (χ2n) is 6.81. The number of rotatable bonds is 1. The summed E-state index contributed by atoms with van der Waals surface area (Å²) in [6.45, 7) is 8.61. The van der Waals surface area contributed by atoms with E-state index in [4.69, 9.17) is 9.31 Å². The maximum atomic E-state index is 6.16. The molecule has 2 saturated carbocycles. The van der Waals surface area contributed by atoms with Crippen LogP contribution in [0.3, 0.4) is 0 Å². The van der Waals surface area contributed by atoms with E-state index in [0.717, 1.165) is 11.8 Å². The monoisotopic (exact) mass is 222 g/mol. The minimum atomic E-state index is -0.149. The van der Waals surface area contributed by atoms with E-state index in [1.165, 1.54) is 25.7 Å². The van der Waals surface area contributed by atoms with Crippen molar-refractivity contribution in [3.05, 3.63) is 0 Å². The van der Waals surface area contributed by atoms with E-state index in [0.29, 0.717) is 5.82 Å². The summed E-state index contributed by atoms with van der Waals surface area (Å²) in [6.07, 6.45) is 5.63. The molecule has 0 aromatic heterocycles. The number of hydrogen-bond donors (Lipinski definition) is 0. The lowest BCUT2D eigenvalue weighted by molar-refractivity contribution is 0.00578. The molecular weight excluding hydrogens is 199 g/mol. The van der Waals surface area contributed by atoms with Gasteiger partial charge in [0.25, 0.3) is 0 Å². The molecule has 3 heteroatoms. The quantitative estimate of drug-likeness (QED) is 0.634. The molecule has 2 nitrogen and oxygen atoms in total. The molecule has 1 saturated heterocycles. The molecule has 1 aliphatic heterocycles. The van der Waals surface area contributed by atoms with Gasteiger partial charge in [-0.15, -0.1) is 0 Å². The van der Waals surface area contributed by atoms with Crippen molar-refractivity contribution in [1.82, 2.24) is 0 Å². The Morgan fingerprint density at radius 2 is 1.31 bits per heavy atom. The van der Waals surface area contributed by atoms with E-state index in [2.05, 4.69) is 27.7 Å². The van der Waals surface area contributed by atoms with Gasteiger partial charge < -0.3 is 9.31 Å². The molecule has 16 heavy (non-hydrogen) atoms. The zero-order chi connectivity index (χ0) is 11.6. The molecule has 2 aliphatic carbocycles. The molecule has 0 radical (unpaired) electrons. The fourth-order valence-electron chi connectivity index (χ4n) is 3.50. The highest BCUT2D eigenvalue weighted by Crippen LogP contribution is 2.63. The second-order valence-corrected chi connectivity index (χ2v) is 6.81. The Kier molecular flexibility index (Phi) is 2.26. The van der Waals surface area contributed by atoms with Crippen LogP contribution in [0.5, 0.6) is 0 Å².